The van der Waals surface area contributed by atoms with Crippen molar-refractivity contribution in [3.8, 4) is 0 Å². The Kier molecular flexibility index (Phi) is 38.9. The molecule has 0 bridgehead atoms. The molecule has 266 valence electrons. The topological polar surface area (TPSA) is 37.4 Å². The van der Waals surface area contributed by atoms with E-state index >= 15 is 0 Å². The maximum Gasteiger partial charge on any atom is 0.137 e. The standard InChI is InChI=1S/C41H77NO2.BrH/c1-5-7-9-11-13-15-17-19-21-23-25-27-29-31-33-35-40(43)37-39(38-42(3)4)41(44)36-34-32-30-28-26-24-22-20-18-16-14-12-10-8-6-2;/h19-22,39H,5-18,23-38H2,1-4H3;1H/b21-19-,22-20-;. The van der Waals surface area contributed by atoms with Gasteiger partial charge in [-0.15, -0.1) is 17.0 Å². The molecule has 1 unspecified atom stereocenters. The lowest BCUT2D eigenvalue weighted by atomic mass is 9.91. The van der Waals surface area contributed by atoms with Gasteiger partial charge in [0, 0.05) is 31.7 Å². The van der Waals surface area contributed by atoms with Gasteiger partial charge >= 0.3 is 0 Å². The predicted octanol–water partition coefficient (Wildman–Crippen LogP) is 13.3. The number of Topliss-reactive ketones (excluding diaryl/α,β-unsaturated/α-hetero) is 2. The van der Waals surface area contributed by atoms with Gasteiger partial charge in [-0.25, -0.2) is 0 Å². The Morgan fingerprint density at radius 2 is 0.822 bits per heavy atom. The van der Waals surface area contributed by atoms with Crippen LogP contribution in [0.5, 0.6) is 0 Å². The molecule has 0 aliphatic carbocycles. The van der Waals surface area contributed by atoms with E-state index in [1.165, 1.54) is 141 Å². The second kappa shape index (κ2) is 37.7. The van der Waals surface area contributed by atoms with Crippen LogP contribution in [0, 0.1) is 5.92 Å². The highest BCUT2D eigenvalue weighted by Crippen LogP contribution is 2.17. The van der Waals surface area contributed by atoms with Crippen LogP contribution in [0.4, 0.5) is 0 Å². The molecule has 0 radical (unpaired) electrons. The van der Waals surface area contributed by atoms with Gasteiger partial charge in [0.05, 0.1) is 0 Å². The molecule has 0 aromatic rings. The van der Waals surface area contributed by atoms with Crippen molar-refractivity contribution < 1.29 is 9.59 Å². The quantitative estimate of drug-likeness (QED) is 0.0489. The van der Waals surface area contributed by atoms with Crippen LogP contribution in [0.3, 0.4) is 0 Å². The SMILES string of the molecule is Br.CCCCCCCC/C=C\CCCCCCCC(=O)CC(CN(C)C)C(=O)CCCCCCC/C=C\CCCCCCCC. The zero-order valence-electron chi connectivity index (χ0n) is 30.8. The van der Waals surface area contributed by atoms with Crippen molar-refractivity contribution in [3.63, 3.8) is 0 Å². The highest BCUT2D eigenvalue weighted by Gasteiger charge is 2.21. The molecule has 0 rings (SSSR count). The summed E-state index contributed by atoms with van der Waals surface area (Å²) in [5.74, 6) is 0.457. The summed E-state index contributed by atoms with van der Waals surface area (Å²) < 4.78 is 0. The number of unbranched alkanes of at least 4 members (excludes halogenated alkanes) is 22. The maximum atomic E-state index is 13.0. The number of carbonyl (C=O) groups is 2. The highest BCUT2D eigenvalue weighted by atomic mass is 79.9. The van der Waals surface area contributed by atoms with Gasteiger partial charge in [-0.2, -0.15) is 0 Å². The first kappa shape index (κ1) is 46.4. The molecule has 0 aliphatic rings. The molecule has 0 N–H and O–H groups in total. The van der Waals surface area contributed by atoms with Gasteiger partial charge in [0.1, 0.15) is 11.6 Å². The molecule has 0 aliphatic heterocycles. The third-order valence-corrected chi connectivity index (χ3v) is 8.92. The van der Waals surface area contributed by atoms with Gasteiger partial charge in [-0.05, 0) is 78.3 Å². The molecule has 45 heavy (non-hydrogen) atoms. The summed E-state index contributed by atoms with van der Waals surface area (Å²) in [7, 11) is 4.02. The van der Waals surface area contributed by atoms with Crippen molar-refractivity contribution in [1.29, 1.82) is 0 Å². The smallest absolute Gasteiger partial charge is 0.137 e. The van der Waals surface area contributed by atoms with E-state index in [0.717, 1.165) is 25.7 Å². The Morgan fingerprint density at radius 3 is 1.20 bits per heavy atom. The Bertz CT molecular complexity index is 687. The average Bonchev–Trinajstić information content (AvgIpc) is 3.00. The van der Waals surface area contributed by atoms with Crippen LogP contribution in [-0.2, 0) is 9.59 Å². The predicted molar refractivity (Wildman–Crippen MR) is 206 cm³/mol. The summed E-state index contributed by atoms with van der Waals surface area (Å²) in [5.41, 5.74) is 0. The Hall–Kier alpha value is -0.740. The fourth-order valence-corrected chi connectivity index (χ4v) is 6.06. The third-order valence-electron chi connectivity index (χ3n) is 8.92. The average molecular weight is 697 g/mol. The van der Waals surface area contributed by atoms with E-state index < -0.39 is 0 Å². The lowest BCUT2D eigenvalue weighted by Crippen LogP contribution is -2.29. The van der Waals surface area contributed by atoms with E-state index in [2.05, 4.69) is 43.1 Å². The molecule has 0 saturated heterocycles. The van der Waals surface area contributed by atoms with Gasteiger partial charge in [-0.3, -0.25) is 9.59 Å². The van der Waals surface area contributed by atoms with Crippen LogP contribution in [-0.4, -0.2) is 37.1 Å². The van der Waals surface area contributed by atoms with Crippen LogP contribution < -0.4 is 0 Å². The minimum atomic E-state index is -0.127. The first-order valence-corrected chi connectivity index (χ1v) is 19.5. The fraction of sp³-hybridized carbons (Fsp3) is 0.854. The number of ketones is 2. The van der Waals surface area contributed by atoms with E-state index in [-0.39, 0.29) is 28.7 Å². The number of nitrogens with zero attached hydrogens (tertiary/aromatic N) is 1. The molecule has 0 spiro atoms. The number of halogens is 1. The van der Waals surface area contributed by atoms with Gasteiger partial charge in [0.15, 0.2) is 0 Å². The Balaban J connectivity index is 0. The van der Waals surface area contributed by atoms with Crippen LogP contribution in [0.15, 0.2) is 24.3 Å². The molecule has 4 heteroatoms. The van der Waals surface area contributed by atoms with E-state index in [9.17, 15) is 9.59 Å². The first-order chi connectivity index (χ1) is 21.5. The van der Waals surface area contributed by atoms with Crippen molar-refractivity contribution in [2.24, 2.45) is 5.92 Å². The van der Waals surface area contributed by atoms with Crippen molar-refractivity contribution in [3.05, 3.63) is 24.3 Å². The Morgan fingerprint density at radius 1 is 0.489 bits per heavy atom. The van der Waals surface area contributed by atoms with Crippen molar-refractivity contribution >= 4 is 28.5 Å². The summed E-state index contributed by atoms with van der Waals surface area (Å²) in [4.78, 5) is 27.7. The van der Waals surface area contributed by atoms with E-state index in [1.807, 2.05) is 14.1 Å². The van der Waals surface area contributed by atoms with Crippen molar-refractivity contribution in [2.75, 3.05) is 20.6 Å². The summed E-state index contributed by atoms with van der Waals surface area (Å²) in [6, 6.07) is 0. The van der Waals surface area contributed by atoms with Gasteiger partial charge in [0.2, 0.25) is 0 Å². The number of hydrogen-bond donors (Lipinski definition) is 0. The molecule has 0 aromatic carbocycles. The summed E-state index contributed by atoms with van der Waals surface area (Å²) in [6.07, 6.45) is 44.2. The highest BCUT2D eigenvalue weighted by molar-refractivity contribution is 8.93. The second-order valence-corrected chi connectivity index (χ2v) is 13.8. The lowest BCUT2D eigenvalue weighted by Gasteiger charge is -2.19. The second-order valence-electron chi connectivity index (χ2n) is 13.8. The molecule has 1 atom stereocenters. The van der Waals surface area contributed by atoms with Gasteiger partial charge in [0.25, 0.3) is 0 Å². The van der Waals surface area contributed by atoms with E-state index in [1.54, 1.807) is 0 Å². The Labute approximate surface area is 293 Å². The minimum absolute atomic E-state index is 0. The number of allylic oxidation sites excluding steroid dienone is 4. The molecule has 0 saturated carbocycles. The zero-order valence-corrected chi connectivity index (χ0v) is 32.5. The molecular formula is C41H78BrNO2. The molecule has 0 heterocycles. The fourth-order valence-electron chi connectivity index (χ4n) is 6.06. The van der Waals surface area contributed by atoms with Crippen molar-refractivity contribution in [2.45, 2.75) is 200 Å². The van der Waals surface area contributed by atoms with Gasteiger partial charge in [-0.1, -0.05) is 141 Å². The first-order valence-electron chi connectivity index (χ1n) is 19.5. The van der Waals surface area contributed by atoms with E-state index in [0.29, 0.717) is 31.6 Å². The molecule has 0 aromatic heterocycles. The number of hydrogen-bond acceptors (Lipinski definition) is 3. The third kappa shape index (κ3) is 36.0. The molecule has 0 fully saturated rings. The normalized spacial score (nSPS) is 12.4. The van der Waals surface area contributed by atoms with Crippen LogP contribution in [0.1, 0.15) is 200 Å². The summed E-state index contributed by atoms with van der Waals surface area (Å²) in [6.45, 7) is 5.24. The largest absolute Gasteiger partial charge is 0.309 e. The monoisotopic (exact) mass is 696 g/mol. The van der Waals surface area contributed by atoms with Crippen LogP contribution in [0.2, 0.25) is 0 Å². The van der Waals surface area contributed by atoms with Crippen molar-refractivity contribution in [1.82, 2.24) is 4.90 Å². The lowest BCUT2D eigenvalue weighted by molar-refractivity contribution is -0.128. The van der Waals surface area contributed by atoms with Crippen LogP contribution in [0.25, 0.3) is 0 Å². The van der Waals surface area contributed by atoms with Gasteiger partial charge < -0.3 is 4.90 Å². The maximum absolute atomic E-state index is 13.0. The molecule has 3 nitrogen and oxygen atoms in total. The number of rotatable bonds is 35. The summed E-state index contributed by atoms with van der Waals surface area (Å²) in [5, 5.41) is 0. The summed E-state index contributed by atoms with van der Waals surface area (Å²) >= 11 is 0. The molecular weight excluding hydrogens is 618 g/mol. The van der Waals surface area contributed by atoms with Crippen LogP contribution >= 0.6 is 17.0 Å². The minimum Gasteiger partial charge on any atom is -0.309 e. The van der Waals surface area contributed by atoms with E-state index in [4.69, 9.17) is 0 Å². The zero-order chi connectivity index (χ0) is 32.4. The number of carbonyl (C=O) groups excluding carboxylic acids is 2. The molecule has 0 amide bonds.